The van der Waals surface area contributed by atoms with Gasteiger partial charge in [-0.25, -0.2) is 0 Å². The number of amides is 2. The molecule has 1 atom stereocenters. The summed E-state index contributed by atoms with van der Waals surface area (Å²) in [6.07, 6.45) is 3.63. The number of nitrogens with zero attached hydrogens (tertiary/aromatic N) is 2. The number of likely N-dealkylation sites (tertiary alicyclic amines) is 2. The van der Waals surface area contributed by atoms with Gasteiger partial charge in [0.2, 0.25) is 5.91 Å². The normalized spacial score (nSPS) is 22.0. The van der Waals surface area contributed by atoms with E-state index in [2.05, 4.69) is 21.2 Å². The van der Waals surface area contributed by atoms with E-state index >= 15 is 0 Å². The van der Waals surface area contributed by atoms with Crippen molar-refractivity contribution in [3.8, 4) is 0 Å². The molecule has 0 radical (unpaired) electrons. The fourth-order valence-corrected chi connectivity index (χ4v) is 3.89. The Kier molecular flexibility index (Phi) is 5.56. The fourth-order valence-electron chi connectivity index (χ4n) is 3.62. The summed E-state index contributed by atoms with van der Waals surface area (Å²) in [7, 11) is 1.97. The topological polar surface area (TPSA) is 52.7 Å². The summed E-state index contributed by atoms with van der Waals surface area (Å²) < 4.78 is 0.945. The van der Waals surface area contributed by atoms with Crippen molar-refractivity contribution in [1.29, 1.82) is 0 Å². The van der Waals surface area contributed by atoms with Gasteiger partial charge in [-0.3, -0.25) is 9.59 Å². The molecule has 2 aliphatic rings. The molecular formula is C18H24BrN3O2. The molecule has 2 heterocycles. The van der Waals surface area contributed by atoms with Gasteiger partial charge in [-0.2, -0.15) is 0 Å². The van der Waals surface area contributed by atoms with Crippen LogP contribution in [0.25, 0.3) is 0 Å². The van der Waals surface area contributed by atoms with Crippen molar-refractivity contribution in [3.05, 3.63) is 34.3 Å². The lowest BCUT2D eigenvalue weighted by Crippen LogP contribution is -2.51. The van der Waals surface area contributed by atoms with E-state index in [1.54, 1.807) is 4.90 Å². The highest BCUT2D eigenvalue weighted by Gasteiger charge is 2.37. The summed E-state index contributed by atoms with van der Waals surface area (Å²) >= 11 is 3.39. The zero-order chi connectivity index (χ0) is 17.1. The summed E-state index contributed by atoms with van der Waals surface area (Å²) in [6, 6.07) is 7.55. The van der Waals surface area contributed by atoms with Crippen LogP contribution in [0.15, 0.2) is 28.7 Å². The molecule has 3 rings (SSSR count). The van der Waals surface area contributed by atoms with E-state index in [1.807, 2.05) is 36.2 Å². The minimum Gasteiger partial charge on any atom is -0.341 e. The predicted octanol–water partition coefficient (Wildman–Crippen LogP) is 2.26. The summed E-state index contributed by atoms with van der Waals surface area (Å²) in [6.45, 7) is 2.22. The highest BCUT2D eigenvalue weighted by atomic mass is 79.9. The number of benzene rings is 1. The number of carbonyl (C=O) groups is 2. The van der Waals surface area contributed by atoms with Gasteiger partial charge in [0.25, 0.3) is 5.91 Å². The molecule has 1 aromatic carbocycles. The summed E-state index contributed by atoms with van der Waals surface area (Å²) in [5.74, 6) is 0.0796. The van der Waals surface area contributed by atoms with Gasteiger partial charge in [-0.1, -0.05) is 15.9 Å². The van der Waals surface area contributed by atoms with Gasteiger partial charge >= 0.3 is 0 Å². The lowest BCUT2D eigenvalue weighted by atomic mass is 10.0. The molecular weight excluding hydrogens is 370 g/mol. The maximum atomic E-state index is 12.9. The molecule has 1 unspecified atom stereocenters. The molecule has 130 valence electrons. The molecule has 2 saturated heterocycles. The van der Waals surface area contributed by atoms with E-state index < -0.39 is 0 Å². The minimum atomic E-state index is -0.299. The van der Waals surface area contributed by atoms with Gasteiger partial charge in [0.1, 0.15) is 6.04 Å². The Morgan fingerprint density at radius 2 is 1.75 bits per heavy atom. The number of hydrogen-bond donors (Lipinski definition) is 1. The van der Waals surface area contributed by atoms with Crippen LogP contribution in [-0.4, -0.2) is 60.4 Å². The number of carbonyl (C=O) groups excluding carboxylic acids is 2. The van der Waals surface area contributed by atoms with Crippen molar-refractivity contribution in [2.24, 2.45) is 0 Å². The molecule has 0 aromatic heterocycles. The standard InChI is InChI=1S/C18H24BrN3O2/c1-20-15-8-11-21(12-9-15)18(24)16-3-2-10-22(16)17(23)13-4-6-14(19)7-5-13/h4-7,15-16,20H,2-3,8-12H2,1H3. The van der Waals surface area contributed by atoms with E-state index in [0.29, 0.717) is 18.2 Å². The molecule has 2 amide bonds. The molecule has 1 N–H and O–H groups in total. The van der Waals surface area contributed by atoms with Crippen molar-refractivity contribution >= 4 is 27.7 Å². The molecule has 2 fully saturated rings. The summed E-state index contributed by atoms with van der Waals surface area (Å²) in [4.78, 5) is 29.4. The second kappa shape index (κ2) is 7.66. The van der Waals surface area contributed by atoms with Gasteiger partial charge in [0.05, 0.1) is 0 Å². The largest absolute Gasteiger partial charge is 0.341 e. The smallest absolute Gasteiger partial charge is 0.254 e. The first kappa shape index (κ1) is 17.4. The van der Waals surface area contributed by atoms with Crippen LogP contribution in [-0.2, 0) is 4.79 Å². The monoisotopic (exact) mass is 393 g/mol. The van der Waals surface area contributed by atoms with Crippen molar-refractivity contribution in [2.45, 2.75) is 37.8 Å². The van der Waals surface area contributed by atoms with Crippen LogP contribution in [0.2, 0.25) is 0 Å². The van der Waals surface area contributed by atoms with Crippen molar-refractivity contribution in [2.75, 3.05) is 26.7 Å². The molecule has 24 heavy (non-hydrogen) atoms. The second-order valence-corrected chi connectivity index (χ2v) is 7.47. The fraction of sp³-hybridized carbons (Fsp3) is 0.556. The Hall–Kier alpha value is -1.40. The Bertz CT molecular complexity index is 597. The van der Waals surface area contributed by atoms with E-state index in [-0.39, 0.29) is 17.9 Å². The zero-order valence-corrected chi connectivity index (χ0v) is 15.6. The van der Waals surface area contributed by atoms with E-state index in [9.17, 15) is 9.59 Å². The van der Waals surface area contributed by atoms with Crippen molar-refractivity contribution in [3.63, 3.8) is 0 Å². The Morgan fingerprint density at radius 1 is 1.08 bits per heavy atom. The van der Waals surface area contributed by atoms with Gasteiger partial charge in [-0.15, -0.1) is 0 Å². The first-order chi connectivity index (χ1) is 11.6. The van der Waals surface area contributed by atoms with E-state index in [4.69, 9.17) is 0 Å². The van der Waals surface area contributed by atoms with Crippen LogP contribution in [0.1, 0.15) is 36.0 Å². The van der Waals surface area contributed by atoms with E-state index in [0.717, 1.165) is 43.2 Å². The van der Waals surface area contributed by atoms with Crippen LogP contribution in [0.4, 0.5) is 0 Å². The molecule has 0 saturated carbocycles. The maximum Gasteiger partial charge on any atom is 0.254 e. The number of halogens is 1. The maximum absolute atomic E-state index is 12.9. The zero-order valence-electron chi connectivity index (χ0n) is 14.0. The molecule has 0 spiro atoms. The van der Waals surface area contributed by atoms with Crippen LogP contribution in [0.3, 0.4) is 0 Å². The third-order valence-electron chi connectivity index (χ3n) is 5.10. The quantitative estimate of drug-likeness (QED) is 0.856. The number of hydrogen-bond acceptors (Lipinski definition) is 3. The number of rotatable bonds is 3. The Morgan fingerprint density at radius 3 is 2.38 bits per heavy atom. The molecule has 2 aliphatic heterocycles. The molecule has 0 bridgehead atoms. The Labute approximate surface area is 151 Å². The third kappa shape index (κ3) is 3.64. The average Bonchev–Trinajstić information content (AvgIpc) is 3.11. The van der Waals surface area contributed by atoms with Gasteiger partial charge in [-0.05, 0) is 57.0 Å². The predicted molar refractivity (Wildman–Crippen MR) is 96.9 cm³/mol. The van der Waals surface area contributed by atoms with Gasteiger partial charge < -0.3 is 15.1 Å². The first-order valence-corrected chi connectivity index (χ1v) is 9.42. The van der Waals surface area contributed by atoms with Gasteiger partial charge in [0.15, 0.2) is 0 Å². The van der Waals surface area contributed by atoms with Gasteiger partial charge in [0, 0.05) is 35.7 Å². The highest BCUT2D eigenvalue weighted by molar-refractivity contribution is 9.10. The molecule has 6 heteroatoms. The molecule has 1 aromatic rings. The highest BCUT2D eigenvalue weighted by Crippen LogP contribution is 2.24. The van der Waals surface area contributed by atoms with Crippen LogP contribution < -0.4 is 5.32 Å². The lowest BCUT2D eigenvalue weighted by molar-refractivity contribution is -0.136. The average molecular weight is 394 g/mol. The van der Waals surface area contributed by atoms with Crippen molar-refractivity contribution < 1.29 is 9.59 Å². The van der Waals surface area contributed by atoms with Crippen LogP contribution in [0.5, 0.6) is 0 Å². The summed E-state index contributed by atoms with van der Waals surface area (Å²) in [5, 5.41) is 3.28. The Balaban J connectivity index is 1.67. The number of nitrogens with one attached hydrogen (secondary N) is 1. The molecule has 5 nitrogen and oxygen atoms in total. The van der Waals surface area contributed by atoms with Crippen LogP contribution in [0, 0.1) is 0 Å². The summed E-state index contributed by atoms with van der Waals surface area (Å²) in [5.41, 5.74) is 0.645. The SMILES string of the molecule is CNC1CCN(C(=O)C2CCCN2C(=O)c2ccc(Br)cc2)CC1. The number of piperidine rings is 1. The second-order valence-electron chi connectivity index (χ2n) is 6.55. The van der Waals surface area contributed by atoms with E-state index in [1.165, 1.54) is 0 Å². The molecule has 0 aliphatic carbocycles. The minimum absolute atomic E-state index is 0.0385. The van der Waals surface area contributed by atoms with Crippen molar-refractivity contribution in [1.82, 2.24) is 15.1 Å². The lowest BCUT2D eigenvalue weighted by Gasteiger charge is -2.35. The van der Waals surface area contributed by atoms with Crippen LogP contribution >= 0.6 is 15.9 Å². The first-order valence-electron chi connectivity index (χ1n) is 8.62. The third-order valence-corrected chi connectivity index (χ3v) is 5.63.